The lowest BCUT2D eigenvalue weighted by Gasteiger charge is -2.01. The second kappa shape index (κ2) is 3.75. The fourth-order valence-corrected chi connectivity index (χ4v) is 1.82. The maximum absolute atomic E-state index is 11.8. The Morgan fingerprint density at radius 3 is 2.71 bits per heavy atom. The first kappa shape index (κ1) is 10.1. The molecule has 1 aromatic carbocycles. The average Bonchev–Trinajstić information content (AvgIpc) is 2.78. The number of aromatic amines is 1. The maximum Gasteiger partial charge on any atom is 0.273 e. The summed E-state index contributed by atoms with van der Waals surface area (Å²) in [5.74, 6) is 0. The van der Waals surface area contributed by atoms with Crippen molar-refractivity contribution in [1.29, 1.82) is 0 Å². The van der Waals surface area contributed by atoms with Crippen LogP contribution >= 0.6 is 11.6 Å². The van der Waals surface area contributed by atoms with E-state index in [1.807, 2.05) is 12.1 Å². The van der Waals surface area contributed by atoms with Crippen molar-refractivity contribution in [1.82, 2.24) is 14.6 Å². The highest BCUT2D eigenvalue weighted by Gasteiger charge is 2.04. The normalized spacial score (nSPS) is 10.9. The molecule has 0 bridgehead atoms. The number of nitrogens with zero attached hydrogens (tertiary/aromatic N) is 2. The molecule has 17 heavy (non-hydrogen) atoms. The van der Waals surface area contributed by atoms with Crippen molar-refractivity contribution >= 4 is 17.2 Å². The van der Waals surface area contributed by atoms with E-state index in [4.69, 9.17) is 11.6 Å². The van der Waals surface area contributed by atoms with Crippen molar-refractivity contribution in [2.24, 2.45) is 0 Å². The van der Waals surface area contributed by atoms with E-state index < -0.39 is 0 Å². The highest BCUT2D eigenvalue weighted by Crippen LogP contribution is 2.18. The molecule has 4 nitrogen and oxygen atoms in total. The lowest BCUT2D eigenvalue weighted by molar-refractivity contribution is 0.901. The van der Waals surface area contributed by atoms with Crippen molar-refractivity contribution in [3.63, 3.8) is 0 Å². The van der Waals surface area contributed by atoms with Crippen LogP contribution in [0.15, 0.2) is 47.4 Å². The molecule has 0 aliphatic carbocycles. The molecular formula is C12H8ClN3O. The van der Waals surface area contributed by atoms with Gasteiger partial charge < -0.3 is 0 Å². The van der Waals surface area contributed by atoms with Gasteiger partial charge in [-0.3, -0.25) is 9.89 Å². The smallest absolute Gasteiger partial charge is 0.273 e. The first-order chi connectivity index (χ1) is 8.24. The Balaban J connectivity index is 2.23. The molecule has 0 saturated carbocycles. The van der Waals surface area contributed by atoms with E-state index in [-0.39, 0.29) is 5.56 Å². The summed E-state index contributed by atoms with van der Waals surface area (Å²) in [5, 5.41) is 3.46. The van der Waals surface area contributed by atoms with Gasteiger partial charge in [0.25, 0.3) is 5.56 Å². The first-order valence-electron chi connectivity index (χ1n) is 5.07. The van der Waals surface area contributed by atoms with Gasteiger partial charge in [0.05, 0.1) is 5.69 Å². The van der Waals surface area contributed by atoms with Gasteiger partial charge in [0, 0.05) is 28.9 Å². The lowest BCUT2D eigenvalue weighted by atomic mass is 10.1. The SMILES string of the molecule is O=c1cc(-c2ccc(Cl)cc2)nc2cc[nH]n12. The van der Waals surface area contributed by atoms with Gasteiger partial charge >= 0.3 is 0 Å². The van der Waals surface area contributed by atoms with Crippen LogP contribution in [0.4, 0.5) is 0 Å². The van der Waals surface area contributed by atoms with Crippen molar-refractivity contribution in [2.45, 2.75) is 0 Å². The molecule has 0 aliphatic rings. The molecule has 0 fully saturated rings. The molecule has 2 heterocycles. The van der Waals surface area contributed by atoms with E-state index in [1.165, 1.54) is 10.6 Å². The topological polar surface area (TPSA) is 50.2 Å². The van der Waals surface area contributed by atoms with Crippen molar-refractivity contribution in [2.75, 3.05) is 0 Å². The van der Waals surface area contributed by atoms with Crippen molar-refractivity contribution in [3.05, 3.63) is 58.0 Å². The molecule has 5 heteroatoms. The predicted octanol–water partition coefficient (Wildman–Crippen LogP) is 2.34. The van der Waals surface area contributed by atoms with Gasteiger partial charge in [0.2, 0.25) is 0 Å². The number of nitrogens with one attached hydrogen (secondary N) is 1. The van der Waals surface area contributed by atoms with Crippen LogP contribution in [0.25, 0.3) is 16.9 Å². The van der Waals surface area contributed by atoms with E-state index in [2.05, 4.69) is 10.1 Å². The average molecular weight is 246 g/mol. The van der Waals surface area contributed by atoms with Crippen LogP contribution in [0.3, 0.4) is 0 Å². The molecule has 3 rings (SSSR count). The Morgan fingerprint density at radius 2 is 1.94 bits per heavy atom. The van der Waals surface area contributed by atoms with Crippen molar-refractivity contribution in [3.8, 4) is 11.3 Å². The van der Waals surface area contributed by atoms with Crippen LogP contribution in [0.1, 0.15) is 0 Å². The lowest BCUT2D eigenvalue weighted by Crippen LogP contribution is -2.13. The molecule has 3 aromatic rings. The quantitative estimate of drug-likeness (QED) is 0.715. The van der Waals surface area contributed by atoms with Crippen LogP contribution < -0.4 is 5.56 Å². The zero-order chi connectivity index (χ0) is 11.8. The molecular weight excluding hydrogens is 238 g/mol. The number of benzene rings is 1. The van der Waals surface area contributed by atoms with Gasteiger partial charge in [-0.1, -0.05) is 23.7 Å². The summed E-state index contributed by atoms with van der Waals surface area (Å²) in [6, 6.07) is 10.5. The molecule has 0 spiro atoms. The summed E-state index contributed by atoms with van der Waals surface area (Å²) < 4.78 is 1.39. The molecule has 0 aliphatic heterocycles. The summed E-state index contributed by atoms with van der Waals surface area (Å²) >= 11 is 5.82. The molecule has 0 atom stereocenters. The summed E-state index contributed by atoms with van der Waals surface area (Å²) in [4.78, 5) is 16.2. The fourth-order valence-electron chi connectivity index (χ4n) is 1.70. The van der Waals surface area contributed by atoms with Crippen LogP contribution in [-0.2, 0) is 0 Å². The van der Waals surface area contributed by atoms with E-state index in [1.54, 1.807) is 24.4 Å². The Hall–Kier alpha value is -2.07. The summed E-state index contributed by atoms with van der Waals surface area (Å²) in [6.45, 7) is 0. The van der Waals surface area contributed by atoms with Crippen LogP contribution in [0.2, 0.25) is 5.02 Å². The number of rotatable bonds is 1. The van der Waals surface area contributed by atoms with Gasteiger partial charge in [-0.2, -0.15) is 0 Å². The standard InChI is InChI=1S/C12H8ClN3O/c13-9-3-1-8(2-4-9)10-7-12(17)16-11(15-10)5-6-14-16/h1-7,14H. The van der Waals surface area contributed by atoms with E-state index in [0.717, 1.165) is 5.56 Å². The monoisotopic (exact) mass is 245 g/mol. The minimum absolute atomic E-state index is 0.134. The zero-order valence-electron chi connectivity index (χ0n) is 8.72. The zero-order valence-corrected chi connectivity index (χ0v) is 9.48. The minimum atomic E-state index is -0.134. The van der Waals surface area contributed by atoms with Crippen LogP contribution in [-0.4, -0.2) is 14.6 Å². The molecule has 0 saturated heterocycles. The molecule has 84 valence electrons. The summed E-state index contributed by atoms with van der Waals surface area (Å²) in [6.07, 6.45) is 1.68. The third-order valence-corrected chi connectivity index (χ3v) is 2.77. The van der Waals surface area contributed by atoms with Gasteiger partial charge in [0.15, 0.2) is 5.65 Å². The number of H-pyrrole nitrogens is 1. The van der Waals surface area contributed by atoms with Gasteiger partial charge in [-0.25, -0.2) is 9.50 Å². The Bertz CT molecular complexity index is 727. The van der Waals surface area contributed by atoms with Gasteiger partial charge in [-0.15, -0.1) is 0 Å². The second-order valence-corrected chi connectivity index (χ2v) is 4.08. The molecule has 0 unspecified atom stereocenters. The number of hydrogen-bond acceptors (Lipinski definition) is 2. The Morgan fingerprint density at radius 1 is 1.18 bits per heavy atom. The van der Waals surface area contributed by atoms with Crippen LogP contribution in [0, 0.1) is 0 Å². The molecule has 0 amide bonds. The minimum Gasteiger partial charge on any atom is -0.297 e. The van der Waals surface area contributed by atoms with E-state index in [0.29, 0.717) is 16.4 Å². The maximum atomic E-state index is 11.8. The predicted molar refractivity (Wildman–Crippen MR) is 66.3 cm³/mol. The summed E-state index contributed by atoms with van der Waals surface area (Å²) in [5.41, 5.74) is 1.98. The molecule has 1 N–H and O–H groups in total. The number of aromatic nitrogens is 3. The van der Waals surface area contributed by atoms with E-state index in [9.17, 15) is 4.79 Å². The molecule has 0 radical (unpaired) electrons. The third-order valence-electron chi connectivity index (χ3n) is 2.52. The Kier molecular flexibility index (Phi) is 2.23. The highest BCUT2D eigenvalue weighted by molar-refractivity contribution is 6.30. The van der Waals surface area contributed by atoms with Crippen molar-refractivity contribution < 1.29 is 0 Å². The number of halogens is 1. The fraction of sp³-hybridized carbons (Fsp3) is 0. The number of fused-ring (bicyclic) bond motifs is 1. The number of hydrogen-bond donors (Lipinski definition) is 1. The largest absolute Gasteiger partial charge is 0.297 e. The van der Waals surface area contributed by atoms with E-state index >= 15 is 0 Å². The summed E-state index contributed by atoms with van der Waals surface area (Å²) in [7, 11) is 0. The van der Waals surface area contributed by atoms with Gasteiger partial charge in [-0.05, 0) is 12.1 Å². The van der Waals surface area contributed by atoms with Gasteiger partial charge in [0.1, 0.15) is 0 Å². The van der Waals surface area contributed by atoms with Crippen LogP contribution in [0.5, 0.6) is 0 Å². The highest BCUT2D eigenvalue weighted by atomic mass is 35.5. The second-order valence-electron chi connectivity index (χ2n) is 3.64. The molecule has 2 aromatic heterocycles. The first-order valence-corrected chi connectivity index (χ1v) is 5.45. The Labute approximate surface area is 101 Å². The third kappa shape index (κ3) is 1.72.